The number of rotatable bonds is 3. The Hall–Kier alpha value is -0.590. The fourth-order valence-corrected chi connectivity index (χ4v) is 3.23. The topological polar surface area (TPSA) is 43.8 Å². The summed E-state index contributed by atoms with van der Waals surface area (Å²) in [5, 5.41) is 10.8. The molecule has 0 bridgehead atoms. The van der Waals surface area contributed by atoms with Gasteiger partial charge in [0.2, 0.25) is 0 Å². The van der Waals surface area contributed by atoms with Crippen LogP contribution >= 0.6 is 31.9 Å². The van der Waals surface area contributed by atoms with E-state index in [1.54, 1.807) is 18.2 Å². The zero-order chi connectivity index (χ0) is 14.5. The number of nitrogens with zero attached hydrogens (tertiary/aromatic N) is 2. The lowest BCUT2D eigenvalue weighted by Crippen LogP contribution is -2.35. The molecule has 0 unspecified atom stereocenters. The maximum atomic E-state index is 12.5. The van der Waals surface area contributed by atoms with Crippen molar-refractivity contribution in [2.45, 2.75) is 6.42 Å². The first-order valence-electron chi connectivity index (χ1n) is 6.68. The van der Waals surface area contributed by atoms with Gasteiger partial charge in [-0.15, -0.1) is 0 Å². The highest BCUT2D eigenvalue weighted by molar-refractivity contribution is 9.10. The molecular formula is C14H18Br2N2O2. The highest BCUT2D eigenvalue weighted by atomic mass is 79.9. The average Bonchev–Trinajstić information content (AvgIpc) is 2.67. The Balaban J connectivity index is 2.07. The van der Waals surface area contributed by atoms with Gasteiger partial charge in [-0.2, -0.15) is 0 Å². The quantitative estimate of drug-likeness (QED) is 0.786. The van der Waals surface area contributed by atoms with Gasteiger partial charge < -0.3 is 14.9 Å². The minimum Gasteiger partial charge on any atom is -0.507 e. The van der Waals surface area contributed by atoms with Gasteiger partial charge in [-0.3, -0.25) is 4.79 Å². The molecule has 1 saturated heterocycles. The number of carbonyl (C=O) groups excluding carboxylic acids is 1. The van der Waals surface area contributed by atoms with Crippen molar-refractivity contribution in [3.63, 3.8) is 0 Å². The molecule has 20 heavy (non-hydrogen) atoms. The van der Waals surface area contributed by atoms with Gasteiger partial charge in [-0.1, -0.05) is 31.9 Å². The van der Waals surface area contributed by atoms with Gasteiger partial charge >= 0.3 is 0 Å². The van der Waals surface area contributed by atoms with E-state index in [-0.39, 0.29) is 11.7 Å². The van der Waals surface area contributed by atoms with Crippen LogP contribution in [0.3, 0.4) is 0 Å². The first-order chi connectivity index (χ1) is 9.61. The standard InChI is InChI=1S/C14H18Br2N2O2/c15-4-7-17-5-1-6-18(9-8-17)14(20)12-10-11(16)2-3-13(12)19/h2-3,10,19H,1,4-9H2. The summed E-state index contributed by atoms with van der Waals surface area (Å²) in [5.41, 5.74) is 0.369. The second kappa shape index (κ2) is 7.43. The number of aromatic hydroxyl groups is 1. The Morgan fingerprint density at radius 3 is 2.80 bits per heavy atom. The van der Waals surface area contributed by atoms with E-state index in [4.69, 9.17) is 0 Å². The third-order valence-corrected chi connectivity index (χ3v) is 4.31. The number of phenols is 1. The van der Waals surface area contributed by atoms with E-state index in [9.17, 15) is 9.90 Å². The lowest BCUT2D eigenvalue weighted by atomic mass is 10.1. The Labute approximate surface area is 136 Å². The maximum absolute atomic E-state index is 12.5. The Bertz CT molecular complexity index is 482. The Morgan fingerprint density at radius 2 is 2.05 bits per heavy atom. The largest absolute Gasteiger partial charge is 0.507 e. The normalized spacial score (nSPS) is 17.0. The predicted octanol–water partition coefficient (Wildman–Crippen LogP) is 2.70. The second-order valence-corrected chi connectivity index (χ2v) is 6.55. The second-order valence-electron chi connectivity index (χ2n) is 4.84. The number of carbonyl (C=O) groups is 1. The predicted molar refractivity (Wildman–Crippen MR) is 86.6 cm³/mol. The summed E-state index contributed by atoms with van der Waals surface area (Å²) in [6.07, 6.45) is 0.966. The molecule has 0 spiro atoms. The number of amides is 1. The fourth-order valence-electron chi connectivity index (χ4n) is 2.37. The molecule has 0 radical (unpaired) electrons. The van der Waals surface area contributed by atoms with Crippen LogP contribution in [-0.4, -0.2) is 58.9 Å². The van der Waals surface area contributed by atoms with Crippen LogP contribution in [-0.2, 0) is 0 Å². The highest BCUT2D eigenvalue weighted by Gasteiger charge is 2.22. The van der Waals surface area contributed by atoms with Gasteiger partial charge in [0.05, 0.1) is 5.56 Å². The minimum atomic E-state index is -0.0931. The monoisotopic (exact) mass is 404 g/mol. The van der Waals surface area contributed by atoms with Gasteiger partial charge in [-0.05, 0) is 31.2 Å². The zero-order valence-electron chi connectivity index (χ0n) is 11.2. The average molecular weight is 406 g/mol. The number of hydrogen-bond acceptors (Lipinski definition) is 3. The van der Waals surface area contributed by atoms with Crippen molar-refractivity contribution in [3.05, 3.63) is 28.2 Å². The zero-order valence-corrected chi connectivity index (χ0v) is 14.4. The molecule has 1 fully saturated rings. The molecule has 6 heteroatoms. The summed E-state index contributed by atoms with van der Waals surface area (Å²) < 4.78 is 0.800. The SMILES string of the molecule is O=C(c1cc(Br)ccc1O)N1CCCN(CCBr)CC1. The van der Waals surface area contributed by atoms with Crippen LogP contribution in [0.5, 0.6) is 5.75 Å². The van der Waals surface area contributed by atoms with E-state index in [1.165, 1.54) is 0 Å². The molecule has 0 saturated carbocycles. The molecule has 1 aromatic carbocycles. The smallest absolute Gasteiger partial charge is 0.257 e. The van der Waals surface area contributed by atoms with Gasteiger partial charge in [0.15, 0.2) is 0 Å². The minimum absolute atomic E-state index is 0.0414. The van der Waals surface area contributed by atoms with Crippen LogP contribution in [0.15, 0.2) is 22.7 Å². The third-order valence-electron chi connectivity index (χ3n) is 3.47. The van der Waals surface area contributed by atoms with Crippen molar-refractivity contribution in [3.8, 4) is 5.75 Å². The molecule has 2 rings (SSSR count). The van der Waals surface area contributed by atoms with Gasteiger partial charge in [0.1, 0.15) is 5.75 Å². The van der Waals surface area contributed by atoms with Gasteiger partial charge in [0, 0.05) is 36.0 Å². The molecule has 1 N–H and O–H groups in total. The van der Waals surface area contributed by atoms with Crippen molar-refractivity contribution in [1.29, 1.82) is 0 Å². The van der Waals surface area contributed by atoms with E-state index in [2.05, 4.69) is 36.8 Å². The van der Waals surface area contributed by atoms with Gasteiger partial charge in [0.25, 0.3) is 5.91 Å². The van der Waals surface area contributed by atoms with Crippen LogP contribution in [0.2, 0.25) is 0 Å². The highest BCUT2D eigenvalue weighted by Crippen LogP contribution is 2.23. The lowest BCUT2D eigenvalue weighted by Gasteiger charge is -2.22. The number of benzene rings is 1. The fraction of sp³-hybridized carbons (Fsp3) is 0.500. The Morgan fingerprint density at radius 1 is 1.25 bits per heavy atom. The summed E-state index contributed by atoms with van der Waals surface area (Å²) in [6, 6.07) is 4.96. The van der Waals surface area contributed by atoms with Crippen LogP contribution in [0.1, 0.15) is 16.8 Å². The van der Waals surface area contributed by atoms with E-state index >= 15 is 0 Å². The van der Waals surface area contributed by atoms with E-state index in [0.717, 1.165) is 42.4 Å². The van der Waals surface area contributed by atoms with Crippen molar-refractivity contribution < 1.29 is 9.90 Å². The van der Waals surface area contributed by atoms with E-state index < -0.39 is 0 Å². The maximum Gasteiger partial charge on any atom is 0.257 e. The molecule has 1 aliphatic rings. The molecule has 1 amide bonds. The van der Waals surface area contributed by atoms with E-state index in [0.29, 0.717) is 12.1 Å². The number of alkyl halides is 1. The summed E-state index contributed by atoms with van der Waals surface area (Å²) in [5.74, 6) is -0.0516. The van der Waals surface area contributed by atoms with Crippen molar-refractivity contribution in [2.24, 2.45) is 0 Å². The molecule has 1 aromatic rings. The van der Waals surface area contributed by atoms with Crippen molar-refractivity contribution in [2.75, 3.05) is 38.1 Å². The van der Waals surface area contributed by atoms with Crippen LogP contribution in [0.4, 0.5) is 0 Å². The first-order valence-corrected chi connectivity index (χ1v) is 8.59. The third kappa shape index (κ3) is 3.96. The first kappa shape index (κ1) is 15.8. The van der Waals surface area contributed by atoms with Crippen LogP contribution in [0.25, 0.3) is 0 Å². The summed E-state index contributed by atoms with van der Waals surface area (Å²) in [4.78, 5) is 16.7. The number of hydrogen-bond donors (Lipinski definition) is 1. The molecule has 1 aliphatic heterocycles. The summed E-state index contributed by atoms with van der Waals surface area (Å²) in [7, 11) is 0. The van der Waals surface area contributed by atoms with Crippen molar-refractivity contribution in [1.82, 2.24) is 9.80 Å². The molecule has 110 valence electrons. The molecule has 4 nitrogen and oxygen atoms in total. The van der Waals surface area contributed by atoms with E-state index in [1.807, 2.05) is 4.90 Å². The van der Waals surface area contributed by atoms with Crippen LogP contribution < -0.4 is 0 Å². The lowest BCUT2D eigenvalue weighted by molar-refractivity contribution is 0.0758. The summed E-state index contributed by atoms with van der Waals surface area (Å²) in [6.45, 7) is 4.34. The molecule has 0 aliphatic carbocycles. The molecule has 0 aromatic heterocycles. The molecular weight excluding hydrogens is 388 g/mol. The number of phenolic OH excluding ortho intramolecular Hbond substituents is 1. The van der Waals surface area contributed by atoms with Crippen molar-refractivity contribution >= 4 is 37.8 Å². The molecule has 0 atom stereocenters. The van der Waals surface area contributed by atoms with Gasteiger partial charge in [-0.25, -0.2) is 0 Å². The van der Waals surface area contributed by atoms with Crippen LogP contribution in [0, 0.1) is 0 Å². The number of halogens is 2. The summed E-state index contributed by atoms with van der Waals surface area (Å²) >= 11 is 6.79. The molecule has 1 heterocycles. The Kier molecular flexibility index (Phi) is 5.86.